The molecule has 9 nitrogen and oxygen atoms in total. The molecule has 3 heterocycles. The van der Waals surface area contributed by atoms with E-state index in [1.54, 1.807) is 12.1 Å². The number of nitrogens with one attached hydrogen (secondary N) is 2. The van der Waals surface area contributed by atoms with Crippen molar-refractivity contribution in [1.82, 2.24) is 24.9 Å². The number of carbonyl (C=O) groups excluding carboxylic acids is 2. The van der Waals surface area contributed by atoms with E-state index in [2.05, 4.69) is 20.8 Å². The van der Waals surface area contributed by atoms with Gasteiger partial charge in [0.15, 0.2) is 0 Å². The van der Waals surface area contributed by atoms with Crippen LogP contribution in [-0.2, 0) is 13.6 Å². The van der Waals surface area contributed by atoms with E-state index in [4.69, 9.17) is 4.42 Å². The summed E-state index contributed by atoms with van der Waals surface area (Å²) >= 11 is 0. The average Bonchev–Trinajstić information content (AvgIpc) is 3.33. The fraction of sp³-hybridized carbons (Fsp3) is 0.200. The summed E-state index contributed by atoms with van der Waals surface area (Å²) in [5, 5.41) is 12.3. The molecule has 0 aliphatic rings. The topological polar surface area (TPSA) is 107 Å². The van der Waals surface area contributed by atoms with Gasteiger partial charge in [0, 0.05) is 13.2 Å². The van der Waals surface area contributed by atoms with Gasteiger partial charge in [0.05, 0.1) is 24.7 Å². The van der Waals surface area contributed by atoms with E-state index in [1.165, 1.54) is 24.2 Å². The number of carbonyl (C=O) groups is 2. The molecule has 0 bridgehead atoms. The lowest BCUT2D eigenvalue weighted by Gasteiger charge is -2.09. The third-order valence-electron chi connectivity index (χ3n) is 3.49. The second-order valence-corrected chi connectivity index (χ2v) is 5.19. The standard InChI is InChI=1S/C15H14F2N6O3/c1-22-12(14(25)18-7-9-3-2-6-26-9)10(8-20-22)21-13(24)11-4-5-19-23(11)15(16)17/h2-6,8,15H,7H2,1H3,(H,18,25)(H,21,24). The summed E-state index contributed by atoms with van der Waals surface area (Å²) in [7, 11) is 1.51. The maximum Gasteiger partial charge on any atom is 0.333 e. The summed E-state index contributed by atoms with van der Waals surface area (Å²) in [6.07, 6.45) is 3.81. The minimum atomic E-state index is -2.96. The maximum absolute atomic E-state index is 12.8. The molecule has 0 spiro atoms. The van der Waals surface area contributed by atoms with Gasteiger partial charge in [-0.15, -0.1) is 0 Å². The highest BCUT2D eigenvalue weighted by atomic mass is 19.3. The first kappa shape index (κ1) is 17.3. The minimum Gasteiger partial charge on any atom is -0.467 e. The van der Waals surface area contributed by atoms with E-state index in [9.17, 15) is 18.4 Å². The Bertz CT molecular complexity index is 916. The smallest absolute Gasteiger partial charge is 0.333 e. The molecule has 2 amide bonds. The van der Waals surface area contributed by atoms with Crippen molar-refractivity contribution in [1.29, 1.82) is 0 Å². The molecule has 3 aromatic rings. The summed E-state index contributed by atoms with van der Waals surface area (Å²) in [6.45, 7) is -2.82. The molecule has 136 valence electrons. The Morgan fingerprint density at radius 3 is 2.77 bits per heavy atom. The molecular formula is C15H14F2N6O3. The van der Waals surface area contributed by atoms with Crippen molar-refractivity contribution in [2.75, 3.05) is 5.32 Å². The van der Waals surface area contributed by atoms with Crippen molar-refractivity contribution >= 4 is 17.5 Å². The molecule has 26 heavy (non-hydrogen) atoms. The molecule has 3 rings (SSSR count). The Balaban J connectivity index is 1.76. The van der Waals surface area contributed by atoms with Crippen LogP contribution in [0.3, 0.4) is 0 Å². The zero-order valence-electron chi connectivity index (χ0n) is 13.5. The lowest BCUT2D eigenvalue weighted by Crippen LogP contribution is -2.27. The van der Waals surface area contributed by atoms with Gasteiger partial charge in [-0.3, -0.25) is 14.3 Å². The number of alkyl halides is 2. The number of hydrogen-bond donors (Lipinski definition) is 2. The number of rotatable bonds is 6. The van der Waals surface area contributed by atoms with Crippen LogP contribution in [0.5, 0.6) is 0 Å². The molecule has 0 atom stereocenters. The van der Waals surface area contributed by atoms with Crippen LogP contribution >= 0.6 is 0 Å². The van der Waals surface area contributed by atoms with E-state index in [-0.39, 0.29) is 28.3 Å². The Morgan fingerprint density at radius 2 is 2.08 bits per heavy atom. The van der Waals surface area contributed by atoms with Gasteiger partial charge >= 0.3 is 6.55 Å². The zero-order valence-corrected chi connectivity index (χ0v) is 13.5. The largest absolute Gasteiger partial charge is 0.467 e. The third kappa shape index (κ3) is 3.45. The Labute approximate surface area is 145 Å². The summed E-state index contributed by atoms with van der Waals surface area (Å²) in [5.74, 6) is -0.804. The third-order valence-corrected chi connectivity index (χ3v) is 3.49. The van der Waals surface area contributed by atoms with Crippen LogP contribution in [0.25, 0.3) is 0 Å². The number of furan rings is 1. The Hall–Kier alpha value is -3.50. The van der Waals surface area contributed by atoms with Gasteiger partial charge in [0.25, 0.3) is 11.8 Å². The van der Waals surface area contributed by atoms with Crippen LogP contribution in [0.2, 0.25) is 0 Å². The number of hydrogen-bond acceptors (Lipinski definition) is 5. The van der Waals surface area contributed by atoms with Crippen molar-refractivity contribution in [3.05, 3.63) is 54.0 Å². The van der Waals surface area contributed by atoms with Gasteiger partial charge in [0.2, 0.25) is 0 Å². The van der Waals surface area contributed by atoms with Gasteiger partial charge in [-0.1, -0.05) is 0 Å². The number of nitrogens with zero attached hydrogens (tertiary/aromatic N) is 4. The van der Waals surface area contributed by atoms with E-state index >= 15 is 0 Å². The molecular weight excluding hydrogens is 350 g/mol. The van der Waals surface area contributed by atoms with Gasteiger partial charge in [-0.2, -0.15) is 23.7 Å². The van der Waals surface area contributed by atoms with Crippen LogP contribution in [0.4, 0.5) is 14.5 Å². The van der Waals surface area contributed by atoms with Gasteiger partial charge < -0.3 is 15.1 Å². The molecule has 0 saturated heterocycles. The SMILES string of the molecule is Cn1ncc(NC(=O)c2ccnn2C(F)F)c1C(=O)NCc1ccco1. The van der Waals surface area contributed by atoms with Gasteiger partial charge in [0.1, 0.15) is 17.1 Å². The number of amides is 2. The molecule has 0 unspecified atom stereocenters. The molecule has 0 fully saturated rings. The molecule has 0 aliphatic carbocycles. The van der Waals surface area contributed by atoms with Crippen molar-refractivity contribution in [3.63, 3.8) is 0 Å². The predicted molar refractivity (Wildman–Crippen MR) is 84.5 cm³/mol. The highest BCUT2D eigenvalue weighted by Gasteiger charge is 2.22. The van der Waals surface area contributed by atoms with Crippen molar-refractivity contribution in [2.45, 2.75) is 13.1 Å². The predicted octanol–water partition coefficient (Wildman–Crippen LogP) is 1.79. The number of anilines is 1. The van der Waals surface area contributed by atoms with E-state index < -0.39 is 18.4 Å². The second kappa shape index (κ2) is 7.17. The van der Waals surface area contributed by atoms with Crippen LogP contribution in [0, 0.1) is 0 Å². The average molecular weight is 364 g/mol. The summed E-state index contributed by atoms with van der Waals surface area (Å²) < 4.78 is 32.3. The van der Waals surface area contributed by atoms with Crippen molar-refractivity contribution in [2.24, 2.45) is 7.05 Å². The van der Waals surface area contributed by atoms with Crippen LogP contribution in [0.15, 0.2) is 41.3 Å². The molecule has 11 heteroatoms. The number of aromatic nitrogens is 4. The monoisotopic (exact) mass is 364 g/mol. The molecule has 3 aromatic heterocycles. The second-order valence-electron chi connectivity index (χ2n) is 5.19. The normalized spacial score (nSPS) is 10.9. The maximum atomic E-state index is 12.8. The van der Waals surface area contributed by atoms with Crippen molar-refractivity contribution in [3.8, 4) is 0 Å². The van der Waals surface area contributed by atoms with E-state index in [1.807, 2.05) is 0 Å². The first-order valence-corrected chi connectivity index (χ1v) is 7.43. The molecule has 0 radical (unpaired) electrons. The Morgan fingerprint density at radius 1 is 1.27 bits per heavy atom. The number of halogens is 2. The highest BCUT2D eigenvalue weighted by molar-refractivity contribution is 6.07. The summed E-state index contributed by atoms with van der Waals surface area (Å²) in [5.41, 5.74) is -0.199. The molecule has 0 aromatic carbocycles. The van der Waals surface area contributed by atoms with Gasteiger partial charge in [-0.25, -0.2) is 0 Å². The van der Waals surface area contributed by atoms with E-state index in [0.717, 1.165) is 12.3 Å². The lowest BCUT2D eigenvalue weighted by molar-refractivity contribution is 0.0520. The van der Waals surface area contributed by atoms with Crippen LogP contribution in [0.1, 0.15) is 33.3 Å². The highest BCUT2D eigenvalue weighted by Crippen LogP contribution is 2.18. The van der Waals surface area contributed by atoms with Crippen LogP contribution < -0.4 is 10.6 Å². The quantitative estimate of drug-likeness (QED) is 0.693. The first-order valence-electron chi connectivity index (χ1n) is 7.43. The van der Waals surface area contributed by atoms with Crippen molar-refractivity contribution < 1.29 is 22.8 Å². The number of aryl methyl sites for hydroxylation is 1. The van der Waals surface area contributed by atoms with Crippen LogP contribution in [-0.4, -0.2) is 31.4 Å². The van der Waals surface area contributed by atoms with Gasteiger partial charge in [-0.05, 0) is 18.2 Å². The fourth-order valence-electron chi connectivity index (χ4n) is 2.30. The summed E-state index contributed by atoms with van der Waals surface area (Å²) in [6, 6.07) is 4.52. The summed E-state index contributed by atoms with van der Waals surface area (Å²) in [4.78, 5) is 24.6. The lowest BCUT2D eigenvalue weighted by atomic mass is 10.3. The fourth-order valence-corrected chi connectivity index (χ4v) is 2.30. The van der Waals surface area contributed by atoms with E-state index in [0.29, 0.717) is 5.76 Å². The minimum absolute atomic E-state index is 0.0630. The Kier molecular flexibility index (Phi) is 4.78. The molecule has 0 saturated carbocycles. The first-order chi connectivity index (χ1) is 12.5. The molecule has 0 aliphatic heterocycles. The molecule has 2 N–H and O–H groups in total. The zero-order chi connectivity index (χ0) is 18.7.